The minimum absolute atomic E-state index is 0.226. The fourth-order valence-corrected chi connectivity index (χ4v) is 3.32. The number of carbonyl (C=O) groups is 2. The highest BCUT2D eigenvalue weighted by Gasteiger charge is 2.45. The molecular weight excluding hydrogens is 322 g/mol. The molecule has 0 aliphatic carbocycles. The Morgan fingerprint density at radius 3 is 2.84 bits per heavy atom. The van der Waals surface area contributed by atoms with Crippen LogP contribution < -0.4 is 5.32 Å². The first-order valence-corrected chi connectivity index (χ1v) is 8.38. The molecule has 1 amide bonds. The highest BCUT2D eigenvalue weighted by molar-refractivity contribution is 5.97. The maximum Gasteiger partial charge on any atom is 0.408 e. The molecule has 0 spiro atoms. The molecule has 1 saturated heterocycles. The number of amidine groups is 1. The summed E-state index contributed by atoms with van der Waals surface area (Å²) in [6.45, 7) is 3.86. The zero-order valence-corrected chi connectivity index (χ0v) is 14.5. The Hall–Kier alpha value is -2.57. The molecule has 0 aromatic heterocycles. The Morgan fingerprint density at radius 1 is 1.36 bits per heavy atom. The number of hydrogen-bond acceptors (Lipinski definition) is 6. The van der Waals surface area contributed by atoms with Crippen LogP contribution in [-0.2, 0) is 20.9 Å². The number of nitrogens with one attached hydrogen (secondary N) is 1. The van der Waals surface area contributed by atoms with Crippen molar-refractivity contribution < 1.29 is 19.1 Å². The van der Waals surface area contributed by atoms with Gasteiger partial charge in [0, 0.05) is 13.1 Å². The highest BCUT2D eigenvalue weighted by atomic mass is 16.5. The molecule has 1 unspecified atom stereocenters. The van der Waals surface area contributed by atoms with Gasteiger partial charge in [-0.15, -0.1) is 0 Å². The first kappa shape index (κ1) is 17.3. The monoisotopic (exact) mass is 345 g/mol. The lowest BCUT2D eigenvalue weighted by Gasteiger charge is -2.33. The van der Waals surface area contributed by atoms with E-state index in [-0.39, 0.29) is 18.5 Å². The molecule has 25 heavy (non-hydrogen) atoms. The molecule has 134 valence electrons. The van der Waals surface area contributed by atoms with E-state index in [1.165, 1.54) is 7.11 Å². The van der Waals surface area contributed by atoms with Crippen molar-refractivity contribution in [1.29, 1.82) is 0 Å². The van der Waals surface area contributed by atoms with Crippen molar-refractivity contribution in [1.82, 2.24) is 10.2 Å². The van der Waals surface area contributed by atoms with Crippen LogP contribution in [0.2, 0.25) is 0 Å². The maximum atomic E-state index is 12.2. The van der Waals surface area contributed by atoms with E-state index in [1.807, 2.05) is 42.2 Å². The van der Waals surface area contributed by atoms with E-state index in [1.54, 1.807) is 0 Å². The van der Waals surface area contributed by atoms with Gasteiger partial charge in [0.25, 0.3) is 0 Å². The van der Waals surface area contributed by atoms with Gasteiger partial charge in [-0.3, -0.25) is 9.79 Å². The number of benzene rings is 1. The predicted molar refractivity (Wildman–Crippen MR) is 92.2 cm³/mol. The van der Waals surface area contributed by atoms with Crippen LogP contribution in [0.3, 0.4) is 0 Å². The van der Waals surface area contributed by atoms with Gasteiger partial charge in [0.1, 0.15) is 12.4 Å². The summed E-state index contributed by atoms with van der Waals surface area (Å²) >= 11 is 0. The molecule has 3 rings (SSSR count). The zero-order valence-electron chi connectivity index (χ0n) is 14.5. The van der Waals surface area contributed by atoms with Crippen molar-refractivity contribution in [2.45, 2.75) is 25.5 Å². The third-order valence-electron chi connectivity index (χ3n) is 4.70. The van der Waals surface area contributed by atoms with Gasteiger partial charge < -0.3 is 19.7 Å². The summed E-state index contributed by atoms with van der Waals surface area (Å²) < 4.78 is 10.1. The van der Waals surface area contributed by atoms with Crippen LogP contribution >= 0.6 is 0 Å². The maximum absolute atomic E-state index is 12.2. The smallest absolute Gasteiger partial charge is 0.408 e. The number of aliphatic imine (C=N–C) groups is 1. The van der Waals surface area contributed by atoms with E-state index in [2.05, 4.69) is 10.3 Å². The van der Waals surface area contributed by atoms with E-state index >= 15 is 0 Å². The van der Waals surface area contributed by atoms with Gasteiger partial charge in [-0.05, 0) is 18.9 Å². The second kappa shape index (κ2) is 7.13. The number of ether oxygens (including phenoxy) is 2. The lowest BCUT2D eigenvalue weighted by molar-refractivity contribution is -0.145. The predicted octanol–water partition coefficient (Wildman–Crippen LogP) is 1.58. The second-order valence-corrected chi connectivity index (χ2v) is 6.60. The number of alkyl carbamates (subject to hydrolysis) is 1. The normalized spacial score (nSPS) is 25.0. The summed E-state index contributed by atoms with van der Waals surface area (Å²) in [5.41, 5.74) is 0.362. The molecular formula is C18H23N3O4. The fourth-order valence-electron chi connectivity index (χ4n) is 3.32. The van der Waals surface area contributed by atoms with Crippen LogP contribution in [0.5, 0.6) is 0 Å². The van der Waals surface area contributed by atoms with Gasteiger partial charge in [0.2, 0.25) is 0 Å². The standard InChI is InChI=1S/C18H23N3O4/c1-18(20-17(23)25-12-13-6-4-3-5-7-13)8-9-21-11-14(15(22)24-2)10-19-16(18)21/h3-7,14H,8-12H2,1-2H3,(H,20,23)/t14?,18-/m1/s1. The van der Waals surface area contributed by atoms with Crippen molar-refractivity contribution in [3.63, 3.8) is 0 Å². The van der Waals surface area contributed by atoms with Gasteiger partial charge in [-0.2, -0.15) is 0 Å². The molecule has 7 heteroatoms. The third-order valence-corrected chi connectivity index (χ3v) is 4.70. The molecule has 2 heterocycles. The number of nitrogens with zero attached hydrogens (tertiary/aromatic N) is 2. The van der Waals surface area contributed by atoms with Crippen molar-refractivity contribution in [3.8, 4) is 0 Å². The van der Waals surface area contributed by atoms with Crippen LogP contribution in [-0.4, -0.2) is 55.1 Å². The minimum Gasteiger partial charge on any atom is -0.469 e. The quantitative estimate of drug-likeness (QED) is 0.838. The Labute approximate surface area is 147 Å². The molecule has 1 fully saturated rings. The molecule has 0 bridgehead atoms. The second-order valence-electron chi connectivity index (χ2n) is 6.60. The van der Waals surface area contributed by atoms with E-state index in [0.717, 1.165) is 24.4 Å². The Kier molecular flexibility index (Phi) is 4.92. The van der Waals surface area contributed by atoms with E-state index in [9.17, 15) is 9.59 Å². The first-order valence-electron chi connectivity index (χ1n) is 8.38. The number of rotatable bonds is 4. The fraction of sp³-hybridized carbons (Fsp3) is 0.500. The van der Waals surface area contributed by atoms with Crippen LogP contribution in [0, 0.1) is 5.92 Å². The van der Waals surface area contributed by atoms with Crippen molar-refractivity contribution in [2.75, 3.05) is 26.7 Å². The van der Waals surface area contributed by atoms with Gasteiger partial charge in [-0.1, -0.05) is 30.3 Å². The lowest BCUT2D eigenvalue weighted by Crippen LogP contribution is -2.54. The number of hydrogen-bond donors (Lipinski definition) is 1. The number of fused-ring (bicyclic) bond motifs is 1. The van der Waals surface area contributed by atoms with Crippen molar-refractivity contribution in [2.24, 2.45) is 10.9 Å². The summed E-state index contributed by atoms with van der Waals surface area (Å²) in [7, 11) is 1.39. The molecule has 7 nitrogen and oxygen atoms in total. The van der Waals surface area contributed by atoms with Crippen molar-refractivity contribution in [3.05, 3.63) is 35.9 Å². The van der Waals surface area contributed by atoms with Gasteiger partial charge in [0.15, 0.2) is 0 Å². The minimum atomic E-state index is -0.575. The average Bonchev–Trinajstić information content (AvgIpc) is 2.96. The number of amides is 1. The number of esters is 1. The highest BCUT2D eigenvalue weighted by Crippen LogP contribution is 2.28. The van der Waals surface area contributed by atoms with E-state index in [0.29, 0.717) is 13.1 Å². The van der Waals surface area contributed by atoms with Gasteiger partial charge in [-0.25, -0.2) is 4.79 Å². The molecule has 1 N–H and O–H groups in total. The summed E-state index contributed by atoms with van der Waals surface area (Å²) in [4.78, 5) is 30.5. The summed E-state index contributed by atoms with van der Waals surface area (Å²) in [5, 5.41) is 2.93. The zero-order chi connectivity index (χ0) is 17.9. The largest absolute Gasteiger partial charge is 0.469 e. The average molecular weight is 345 g/mol. The summed E-state index contributed by atoms with van der Waals surface area (Å²) in [5.74, 6) is 0.317. The lowest BCUT2D eigenvalue weighted by atomic mass is 9.99. The Morgan fingerprint density at radius 2 is 2.12 bits per heavy atom. The Balaban J connectivity index is 1.59. The first-order chi connectivity index (χ1) is 12.0. The van der Waals surface area contributed by atoms with Crippen LogP contribution in [0.4, 0.5) is 4.79 Å². The van der Waals surface area contributed by atoms with Gasteiger partial charge >= 0.3 is 12.1 Å². The SMILES string of the molecule is COC(=O)C1CN=C2N(CC[C@@]2(C)NC(=O)OCc2ccccc2)C1. The molecule has 2 aliphatic rings. The number of carbonyl (C=O) groups excluding carboxylic acids is 2. The van der Waals surface area contributed by atoms with Gasteiger partial charge in [0.05, 0.1) is 25.1 Å². The third kappa shape index (κ3) is 3.75. The molecule has 2 atom stereocenters. The Bertz CT molecular complexity index is 676. The molecule has 0 saturated carbocycles. The van der Waals surface area contributed by atoms with Crippen LogP contribution in [0.25, 0.3) is 0 Å². The molecule has 1 aromatic carbocycles. The van der Waals surface area contributed by atoms with Crippen molar-refractivity contribution >= 4 is 17.9 Å². The summed E-state index contributed by atoms with van der Waals surface area (Å²) in [6.07, 6.45) is 0.256. The summed E-state index contributed by atoms with van der Waals surface area (Å²) in [6, 6.07) is 9.54. The van der Waals surface area contributed by atoms with Crippen LogP contribution in [0.1, 0.15) is 18.9 Å². The topological polar surface area (TPSA) is 80.2 Å². The molecule has 2 aliphatic heterocycles. The van der Waals surface area contributed by atoms with E-state index < -0.39 is 11.6 Å². The molecule has 0 radical (unpaired) electrons. The number of methoxy groups -OCH3 is 1. The van der Waals surface area contributed by atoms with E-state index in [4.69, 9.17) is 9.47 Å². The molecule has 1 aromatic rings. The van der Waals surface area contributed by atoms with Crippen LogP contribution in [0.15, 0.2) is 35.3 Å².